The van der Waals surface area contributed by atoms with E-state index < -0.39 is 0 Å². The van der Waals surface area contributed by atoms with Gasteiger partial charge in [0.25, 0.3) is 0 Å². The van der Waals surface area contributed by atoms with E-state index in [9.17, 15) is 0 Å². The van der Waals surface area contributed by atoms with Crippen molar-refractivity contribution in [2.24, 2.45) is 0 Å². The molecular weight excluding hydrogens is 350 g/mol. The van der Waals surface area contributed by atoms with Gasteiger partial charge in [-0.2, -0.15) is 0 Å². The average Bonchev–Trinajstić information content (AvgIpc) is 2.84. The predicted molar refractivity (Wildman–Crippen MR) is 128 cm³/mol. The first-order valence-electron chi connectivity index (χ1n) is 10.8. The van der Waals surface area contributed by atoms with Crippen LogP contribution in [0.25, 0.3) is 0 Å². The predicted octanol–water partition coefficient (Wildman–Crippen LogP) is 5.99. The van der Waals surface area contributed by atoms with Gasteiger partial charge in [-0.25, -0.2) is 0 Å². The van der Waals surface area contributed by atoms with E-state index in [1.807, 2.05) is 0 Å². The molecule has 4 rings (SSSR count). The van der Waals surface area contributed by atoms with Crippen molar-refractivity contribution in [3.8, 4) is 0 Å². The Balaban J connectivity index is 1.76. The molecule has 0 heterocycles. The molecule has 0 N–H and O–H groups in total. The second-order valence-corrected chi connectivity index (χ2v) is 8.63. The summed E-state index contributed by atoms with van der Waals surface area (Å²) in [5.41, 5.74) is 5.50. The zero-order valence-corrected chi connectivity index (χ0v) is 18.0. The van der Waals surface area contributed by atoms with Crippen LogP contribution in [0, 0.1) is 0 Å². The summed E-state index contributed by atoms with van der Waals surface area (Å²) >= 11 is 4.79. The van der Waals surface area contributed by atoms with Crippen molar-refractivity contribution in [2.75, 3.05) is 0 Å². The molecule has 0 saturated heterocycles. The summed E-state index contributed by atoms with van der Waals surface area (Å²) in [6.07, 6.45) is 2.11. The first kappa shape index (κ1) is 21.3. The second-order valence-electron chi connectivity index (χ2n) is 8.63. The molecule has 0 bridgehead atoms. The van der Waals surface area contributed by atoms with Crippen molar-refractivity contribution in [1.29, 1.82) is 0 Å². The monoisotopic (exact) mass is 374 g/mol. The molecule has 4 aromatic carbocycles. The summed E-state index contributed by atoms with van der Waals surface area (Å²) in [5.74, 6) is 0. The molecule has 0 unspecified atom stereocenters. The van der Waals surface area contributed by atoms with E-state index in [0.717, 1.165) is 12.8 Å². The molecule has 0 fully saturated rings. The molecule has 0 atom stereocenters. The molecule has 0 spiro atoms. The van der Waals surface area contributed by atoms with Crippen molar-refractivity contribution in [3.63, 3.8) is 0 Å². The third-order valence-electron chi connectivity index (χ3n) is 6.77. The average molecular weight is 374 g/mol. The van der Waals surface area contributed by atoms with Gasteiger partial charge in [-0.1, -0.05) is 0 Å². The molecular formula is C28H24Li2. The topological polar surface area (TPSA) is 0 Å². The maximum absolute atomic E-state index is 2.40. The van der Waals surface area contributed by atoms with Crippen LogP contribution >= 0.6 is 0 Å². The van der Waals surface area contributed by atoms with Crippen molar-refractivity contribution in [1.82, 2.24) is 0 Å². The van der Waals surface area contributed by atoms with Gasteiger partial charge in [-0.3, -0.25) is 0 Å². The van der Waals surface area contributed by atoms with E-state index in [0.29, 0.717) is 0 Å². The molecule has 2 heteroatoms. The van der Waals surface area contributed by atoms with E-state index in [4.69, 9.17) is 0 Å². The normalized spacial score (nSPS) is 12.0. The van der Waals surface area contributed by atoms with Gasteiger partial charge < -0.3 is 0 Å². The van der Waals surface area contributed by atoms with Crippen LogP contribution in [0.3, 0.4) is 0 Å². The third-order valence-corrected chi connectivity index (χ3v) is 6.77. The summed E-state index contributed by atoms with van der Waals surface area (Å²) in [5, 5.41) is 0. The molecule has 0 aliphatic rings. The molecule has 0 aliphatic carbocycles. The van der Waals surface area contributed by atoms with Gasteiger partial charge in [-0.15, -0.1) is 0 Å². The van der Waals surface area contributed by atoms with Crippen molar-refractivity contribution in [3.05, 3.63) is 144 Å². The van der Waals surface area contributed by atoms with E-state index in [1.54, 1.807) is 0 Å². The van der Waals surface area contributed by atoms with Crippen molar-refractivity contribution >= 4 is 35.4 Å². The Kier molecular flexibility index (Phi) is 6.73. The quantitative estimate of drug-likeness (QED) is 0.349. The Labute approximate surface area is 199 Å². The van der Waals surface area contributed by atoms with Crippen LogP contribution in [-0.2, 0) is 8.18 Å². The van der Waals surface area contributed by atoms with Gasteiger partial charge in [-0.05, 0) is 0 Å². The van der Waals surface area contributed by atoms with Crippen LogP contribution in [0.4, 0.5) is 0 Å². The standard InChI is InChI=1S/C28H24.2Li/c1-5-13-23(14-6-1)27(24-15-7-2-8-16-24)21-22-28(25-17-9-3-10-18-25)26-19-11-4-12-20-26;;/h1-20H,21-22H2;;. The number of hydrogen-bond acceptors (Lipinski definition) is 0. The Hall–Kier alpha value is -1.93. The molecule has 0 amide bonds. The fourth-order valence-electron chi connectivity index (χ4n) is 4.63. The Bertz CT molecular complexity index is 877. The fraction of sp³-hybridized carbons (Fsp3) is 0.143. The maximum atomic E-state index is 2.40. The summed E-state index contributed by atoms with van der Waals surface area (Å²) in [6, 6.07) is 43.9. The summed E-state index contributed by atoms with van der Waals surface area (Å²) in [4.78, 5) is 0. The van der Waals surface area contributed by atoms with Gasteiger partial charge in [0.1, 0.15) is 0 Å². The Morgan fingerprint density at radius 1 is 0.367 bits per heavy atom. The third kappa shape index (κ3) is 4.40. The van der Waals surface area contributed by atoms with Gasteiger partial charge >= 0.3 is 200 Å². The molecule has 4 aromatic rings. The molecule has 0 aromatic heterocycles. The Morgan fingerprint density at radius 2 is 0.567 bits per heavy atom. The summed E-state index contributed by atoms with van der Waals surface area (Å²) in [6.45, 7) is 0. The van der Waals surface area contributed by atoms with Gasteiger partial charge in [0.05, 0.1) is 0 Å². The molecule has 0 saturated carbocycles. The molecule has 30 heavy (non-hydrogen) atoms. The van der Waals surface area contributed by atoms with Crippen LogP contribution in [0.2, 0.25) is 0 Å². The number of rotatable bonds is 7. The van der Waals surface area contributed by atoms with Gasteiger partial charge in [0.2, 0.25) is 0 Å². The number of hydrogen-bond donors (Lipinski definition) is 0. The van der Waals surface area contributed by atoms with Gasteiger partial charge in [0.15, 0.2) is 0 Å². The minimum atomic E-state index is -0.0483. The van der Waals surface area contributed by atoms with E-state index in [2.05, 4.69) is 157 Å². The summed E-state index contributed by atoms with van der Waals surface area (Å²) < 4.78 is -0.0965. The molecule has 0 radical (unpaired) electrons. The minimum absolute atomic E-state index is 0.0483. The summed E-state index contributed by atoms with van der Waals surface area (Å²) in [7, 11) is 0. The van der Waals surface area contributed by atoms with E-state index in [1.165, 1.54) is 22.3 Å². The van der Waals surface area contributed by atoms with Crippen molar-refractivity contribution in [2.45, 2.75) is 21.0 Å². The first-order chi connectivity index (χ1) is 14.6. The van der Waals surface area contributed by atoms with Crippen LogP contribution in [0.1, 0.15) is 35.1 Å². The van der Waals surface area contributed by atoms with Gasteiger partial charge in [0, 0.05) is 0 Å². The van der Waals surface area contributed by atoms with Crippen LogP contribution < -0.4 is 0 Å². The van der Waals surface area contributed by atoms with Crippen LogP contribution in [0.15, 0.2) is 121 Å². The van der Waals surface area contributed by atoms with Crippen LogP contribution in [0.5, 0.6) is 0 Å². The Morgan fingerprint density at radius 3 is 0.767 bits per heavy atom. The van der Waals surface area contributed by atoms with E-state index >= 15 is 0 Å². The van der Waals surface area contributed by atoms with Crippen molar-refractivity contribution < 1.29 is 0 Å². The zero-order valence-electron chi connectivity index (χ0n) is 18.0. The van der Waals surface area contributed by atoms with E-state index in [-0.39, 0.29) is 8.18 Å². The zero-order chi connectivity index (χ0) is 20.9. The molecule has 0 aliphatic heterocycles. The molecule has 138 valence electrons. The SMILES string of the molecule is [Li][C](CC[C]([Li])(c1ccccc1)c1ccccc1)(c1ccccc1)c1ccccc1. The van der Waals surface area contributed by atoms with Crippen LogP contribution in [-0.4, -0.2) is 35.4 Å². The molecule has 0 nitrogen and oxygen atoms in total. The number of benzene rings is 4. The first-order valence-corrected chi connectivity index (χ1v) is 10.8. The fourth-order valence-corrected chi connectivity index (χ4v) is 4.63. The second kappa shape index (κ2) is 9.48.